The molecule has 0 saturated carbocycles. The Morgan fingerprint density at radius 1 is 1.28 bits per heavy atom. The summed E-state index contributed by atoms with van der Waals surface area (Å²) in [5, 5.41) is 0. The average Bonchev–Trinajstić information content (AvgIpc) is 2.32. The van der Waals surface area contributed by atoms with Gasteiger partial charge in [0.25, 0.3) is 0 Å². The molecule has 0 amide bonds. The maximum Gasteiger partial charge on any atom is 0.243 e. The number of nitrogens with one attached hydrogen (secondary N) is 1. The van der Waals surface area contributed by atoms with E-state index < -0.39 is 26.6 Å². The summed E-state index contributed by atoms with van der Waals surface area (Å²) < 4.78 is 56.5. The minimum atomic E-state index is -4.08. The third kappa shape index (κ3) is 4.30. The summed E-state index contributed by atoms with van der Waals surface area (Å²) in [5.74, 6) is -1.83. The van der Waals surface area contributed by atoms with Crippen molar-refractivity contribution in [1.82, 2.24) is 4.72 Å². The van der Waals surface area contributed by atoms with Crippen LogP contribution in [0.3, 0.4) is 0 Å². The zero-order chi connectivity index (χ0) is 13.6. The first-order chi connectivity index (χ1) is 8.47. The lowest BCUT2D eigenvalue weighted by Crippen LogP contribution is -2.28. The van der Waals surface area contributed by atoms with Gasteiger partial charge in [-0.15, -0.1) is 0 Å². The van der Waals surface area contributed by atoms with Gasteiger partial charge in [-0.1, -0.05) is 0 Å². The van der Waals surface area contributed by atoms with Crippen molar-refractivity contribution in [2.75, 3.05) is 26.3 Å². The molecule has 0 aliphatic heterocycles. The maximum absolute atomic E-state index is 13.3. The zero-order valence-corrected chi connectivity index (χ0v) is 10.3. The lowest BCUT2D eigenvalue weighted by molar-refractivity contribution is 0.147. The molecule has 0 fully saturated rings. The molecule has 0 spiro atoms. The lowest BCUT2D eigenvalue weighted by Gasteiger charge is -2.08. The standard InChI is InChI=1S/C10H14F2N2O3S/c11-8-1-2-9(12)10(7-8)18(15,16)14-4-6-17-5-3-13/h1-2,7,14H,3-6,13H2. The third-order valence-corrected chi connectivity index (χ3v) is 3.46. The monoisotopic (exact) mass is 280 g/mol. The Balaban J connectivity index is 2.66. The van der Waals surface area contributed by atoms with Gasteiger partial charge in [0, 0.05) is 13.1 Å². The van der Waals surface area contributed by atoms with E-state index in [0.29, 0.717) is 19.2 Å². The van der Waals surface area contributed by atoms with Crippen LogP contribution in [0.1, 0.15) is 0 Å². The normalized spacial score (nSPS) is 11.7. The molecule has 0 aromatic heterocycles. The van der Waals surface area contributed by atoms with Crippen molar-refractivity contribution in [3.8, 4) is 0 Å². The molecule has 1 aromatic carbocycles. The van der Waals surface area contributed by atoms with Crippen molar-refractivity contribution in [3.05, 3.63) is 29.8 Å². The summed E-state index contributed by atoms with van der Waals surface area (Å²) >= 11 is 0. The van der Waals surface area contributed by atoms with E-state index >= 15 is 0 Å². The van der Waals surface area contributed by atoms with Crippen LogP contribution < -0.4 is 10.5 Å². The molecule has 18 heavy (non-hydrogen) atoms. The number of ether oxygens (including phenoxy) is 1. The van der Waals surface area contributed by atoms with Crippen molar-refractivity contribution >= 4 is 10.0 Å². The van der Waals surface area contributed by atoms with E-state index in [1.807, 2.05) is 0 Å². The number of nitrogens with two attached hydrogens (primary N) is 1. The predicted octanol–water partition coefficient (Wildman–Crippen LogP) is 0.218. The van der Waals surface area contributed by atoms with Crippen molar-refractivity contribution in [1.29, 1.82) is 0 Å². The lowest BCUT2D eigenvalue weighted by atomic mass is 10.3. The van der Waals surface area contributed by atoms with Gasteiger partial charge in [0.15, 0.2) is 0 Å². The largest absolute Gasteiger partial charge is 0.379 e. The Bertz CT molecular complexity index is 494. The highest BCUT2D eigenvalue weighted by Crippen LogP contribution is 2.15. The van der Waals surface area contributed by atoms with E-state index in [-0.39, 0.29) is 13.2 Å². The summed E-state index contributed by atoms with van der Waals surface area (Å²) in [6.07, 6.45) is 0. The molecule has 3 N–H and O–H groups in total. The Morgan fingerprint density at radius 3 is 2.67 bits per heavy atom. The summed E-state index contributed by atoms with van der Waals surface area (Å²) in [5.41, 5.74) is 5.17. The van der Waals surface area contributed by atoms with Crippen LogP contribution in [-0.4, -0.2) is 34.7 Å². The van der Waals surface area contributed by atoms with Gasteiger partial charge < -0.3 is 10.5 Å². The number of halogens is 2. The van der Waals surface area contributed by atoms with Crippen LogP contribution in [0, 0.1) is 11.6 Å². The van der Waals surface area contributed by atoms with Gasteiger partial charge in [0.2, 0.25) is 10.0 Å². The van der Waals surface area contributed by atoms with E-state index in [1.165, 1.54) is 0 Å². The first-order valence-electron chi connectivity index (χ1n) is 5.20. The minimum Gasteiger partial charge on any atom is -0.379 e. The number of hydrogen-bond acceptors (Lipinski definition) is 4. The van der Waals surface area contributed by atoms with E-state index in [0.717, 1.165) is 12.1 Å². The van der Waals surface area contributed by atoms with Crippen LogP contribution in [0.5, 0.6) is 0 Å². The molecular weight excluding hydrogens is 266 g/mol. The number of sulfonamides is 1. The van der Waals surface area contributed by atoms with Crippen LogP contribution in [0.2, 0.25) is 0 Å². The molecule has 1 rings (SSSR count). The van der Waals surface area contributed by atoms with Gasteiger partial charge in [-0.2, -0.15) is 0 Å². The van der Waals surface area contributed by atoms with Gasteiger partial charge in [-0.3, -0.25) is 0 Å². The molecule has 0 unspecified atom stereocenters. The Hall–Kier alpha value is -1.09. The van der Waals surface area contributed by atoms with Crippen LogP contribution in [0.25, 0.3) is 0 Å². The van der Waals surface area contributed by atoms with E-state index in [4.69, 9.17) is 10.5 Å². The topological polar surface area (TPSA) is 81.4 Å². The molecule has 8 heteroatoms. The van der Waals surface area contributed by atoms with Crippen LogP contribution in [0.15, 0.2) is 23.1 Å². The van der Waals surface area contributed by atoms with E-state index in [1.54, 1.807) is 0 Å². The second kappa shape index (κ2) is 6.74. The van der Waals surface area contributed by atoms with Crippen molar-refractivity contribution in [2.45, 2.75) is 4.90 Å². The molecule has 0 bridgehead atoms. The zero-order valence-electron chi connectivity index (χ0n) is 9.53. The molecule has 0 aliphatic rings. The summed E-state index contributed by atoms with van der Waals surface area (Å²) in [6, 6.07) is 2.23. The average molecular weight is 280 g/mol. The smallest absolute Gasteiger partial charge is 0.243 e. The van der Waals surface area contributed by atoms with Gasteiger partial charge >= 0.3 is 0 Å². The van der Waals surface area contributed by atoms with Gasteiger partial charge in [0.05, 0.1) is 13.2 Å². The number of benzene rings is 1. The van der Waals surface area contributed by atoms with Gasteiger partial charge in [-0.25, -0.2) is 21.9 Å². The summed E-state index contributed by atoms with van der Waals surface area (Å²) in [4.78, 5) is -0.721. The van der Waals surface area contributed by atoms with Crippen molar-refractivity contribution in [2.24, 2.45) is 5.73 Å². The SMILES string of the molecule is NCCOCCNS(=O)(=O)c1cc(F)ccc1F. The summed E-state index contributed by atoms with van der Waals surface area (Å²) in [7, 11) is -4.08. The Labute approximate surface area is 104 Å². The molecule has 5 nitrogen and oxygen atoms in total. The fourth-order valence-electron chi connectivity index (χ4n) is 1.19. The molecule has 1 aromatic rings. The minimum absolute atomic E-state index is 0.0434. The second-order valence-electron chi connectivity index (χ2n) is 3.37. The molecule has 102 valence electrons. The quantitative estimate of drug-likeness (QED) is 0.700. The molecular formula is C10H14F2N2O3S. The first-order valence-corrected chi connectivity index (χ1v) is 6.68. The van der Waals surface area contributed by atoms with Crippen LogP contribution >= 0.6 is 0 Å². The van der Waals surface area contributed by atoms with Gasteiger partial charge in [-0.05, 0) is 18.2 Å². The Kier molecular flexibility index (Phi) is 5.60. The highest BCUT2D eigenvalue weighted by molar-refractivity contribution is 7.89. The van der Waals surface area contributed by atoms with Crippen LogP contribution in [0.4, 0.5) is 8.78 Å². The number of hydrogen-bond donors (Lipinski definition) is 2. The summed E-state index contributed by atoms with van der Waals surface area (Å²) in [6.45, 7) is 0.687. The van der Waals surface area contributed by atoms with Crippen molar-refractivity contribution < 1.29 is 21.9 Å². The fourth-order valence-corrected chi connectivity index (χ4v) is 2.29. The fraction of sp³-hybridized carbons (Fsp3) is 0.400. The molecule has 0 saturated heterocycles. The molecule has 0 radical (unpaired) electrons. The van der Waals surface area contributed by atoms with E-state index in [2.05, 4.69) is 4.72 Å². The first kappa shape index (κ1) is 15.0. The highest BCUT2D eigenvalue weighted by Gasteiger charge is 2.19. The molecule has 0 atom stereocenters. The third-order valence-electron chi connectivity index (χ3n) is 1.98. The highest BCUT2D eigenvalue weighted by atomic mass is 32.2. The van der Waals surface area contributed by atoms with E-state index in [9.17, 15) is 17.2 Å². The molecule has 0 aliphatic carbocycles. The van der Waals surface area contributed by atoms with Crippen molar-refractivity contribution in [3.63, 3.8) is 0 Å². The Morgan fingerprint density at radius 2 is 2.00 bits per heavy atom. The molecule has 0 heterocycles. The number of rotatable bonds is 7. The van der Waals surface area contributed by atoms with Crippen LogP contribution in [-0.2, 0) is 14.8 Å². The second-order valence-corrected chi connectivity index (χ2v) is 5.11. The maximum atomic E-state index is 13.3. The predicted molar refractivity (Wildman–Crippen MR) is 61.4 cm³/mol. The van der Waals surface area contributed by atoms with Gasteiger partial charge in [0.1, 0.15) is 16.5 Å².